The van der Waals surface area contributed by atoms with Gasteiger partial charge in [0.25, 0.3) is 0 Å². The van der Waals surface area contributed by atoms with Crippen molar-refractivity contribution in [3.8, 4) is 11.5 Å². The summed E-state index contributed by atoms with van der Waals surface area (Å²) in [5.41, 5.74) is 2.55. The van der Waals surface area contributed by atoms with Crippen LogP contribution in [0.3, 0.4) is 0 Å². The van der Waals surface area contributed by atoms with Crippen molar-refractivity contribution < 1.29 is 14.3 Å². The molecule has 2 aliphatic carbocycles. The van der Waals surface area contributed by atoms with Crippen molar-refractivity contribution in [1.82, 2.24) is 4.90 Å². The number of benzene rings is 1. The molecule has 3 unspecified atom stereocenters. The number of carbonyl (C=O) groups is 1. The number of ether oxygens (including phenoxy) is 2. The van der Waals surface area contributed by atoms with Crippen LogP contribution >= 0.6 is 0 Å². The van der Waals surface area contributed by atoms with Crippen LogP contribution in [0.15, 0.2) is 12.1 Å². The van der Waals surface area contributed by atoms with E-state index < -0.39 is 0 Å². The minimum Gasteiger partial charge on any atom is -0.493 e. The van der Waals surface area contributed by atoms with Crippen molar-refractivity contribution in [2.75, 3.05) is 20.7 Å². The normalized spacial score (nSPS) is 40.6. The number of nitrogens with zero attached hydrogens (tertiary/aromatic N) is 1. The zero-order valence-corrected chi connectivity index (χ0v) is 14.0. The molecule has 0 radical (unpaired) electrons. The molecule has 2 bridgehead atoms. The zero-order chi connectivity index (χ0) is 15.9. The highest BCUT2D eigenvalue weighted by atomic mass is 16.5. The molecule has 2 fully saturated rings. The third-order valence-corrected chi connectivity index (χ3v) is 6.95. The van der Waals surface area contributed by atoms with E-state index in [0.717, 1.165) is 37.3 Å². The Morgan fingerprint density at radius 3 is 3.00 bits per heavy atom. The fourth-order valence-corrected chi connectivity index (χ4v) is 5.87. The maximum Gasteiger partial charge on any atom is 0.177 e. The Bertz CT molecular complexity index is 715. The third kappa shape index (κ3) is 1.44. The first-order chi connectivity index (χ1) is 11.1. The van der Waals surface area contributed by atoms with Gasteiger partial charge in [-0.15, -0.1) is 0 Å². The summed E-state index contributed by atoms with van der Waals surface area (Å²) in [6.45, 7) is 3.11. The summed E-state index contributed by atoms with van der Waals surface area (Å²) in [5.74, 6) is 2.53. The SMILES string of the molecule is COc1ccc2c3c1O[C@H]1C(=O)[C@@H](C)CC4C(C2)N(C)CCC341. The predicted molar refractivity (Wildman–Crippen MR) is 86.1 cm³/mol. The molecule has 23 heavy (non-hydrogen) atoms. The monoisotopic (exact) mass is 313 g/mol. The van der Waals surface area contributed by atoms with Crippen molar-refractivity contribution in [3.05, 3.63) is 23.3 Å². The molecule has 1 aromatic carbocycles. The van der Waals surface area contributed by atoms with E-state index in [1.807, 2.05) is 6.07 Å². The molecule has 2 aliphatic heterocycles. The smallest absolute Gasteiger partial charge is 0.177 e. The van der Waals surface area contributed by atoms with Crippen molar-refractivity contribution in [2.45, 2.75) is 43.7 Å². The molecule has 1 saturated carbocycles. The minimum absolute atomic E-state index is 0.0917. The molecule has 1 aromatic rings. The third-order valence-electron chi connectivity index (χ3n) is 6.95. The lowest BCUT2D eigenvalue weighted by atomic mass is 9.50. The summed E-state index contributed by atoms with van der Waals surface area (Å²) in [4.78, 5) is 15.5. The molecule has 1 spiro atoms. The lowest BCUT2D eigenvalue weighted by Gasteiger charge is -2.58. The highest BCUT2D eigenvalue weighted by molar-refractivity contribution is 5.90. The van der Waals surface area contributed by atoms with Gasteiger partial charge >= 0.3 is 0 Å². The molecule has 122 valence electrons. The molecule has 0 aromatic heterocycles. The summed E-state index contributed by atoms with van der Waals surface area (Å²) in [6.07, 6.45) is 2.76. The topological polar surface area (TPSA) is 38.8 Å². The van der Waals surface area contributed by atoms with E-state index in [1.54, 1.807) is 7.11 Å². The van der Waals surface area contributed by atoms with Crippen molar-refractivity contribution in [3.63, 3.8) is 0 Å². The highest BCUT2D eigenvalue weighted by Crippen LogP contribution is 2.63. The lowest BCUT2D eigenvalue weighted by molar-refractivity contribution is -0.144. The average Bonchev–Trinajstić information content (AvgIpc) is 2.89. The van der Waals surface area contributed by atoms with Gasteiger partial charge in [-0.1, -0.05) is 13.0 Å². The van der Waals surface area contributed by atoms with Crippen LogP contribution in [0, 0.1) is 11.8 Å². The van der Waals surface area contributed by atoms with Crippen LogP contribution < -0.4 is 9.47 Å². The van der Waals surface area contributed by atoms with Gasteiger partial charge in [0.2, 0.25) is 0 Å². The second-order valence-electron chi connectivity index (χ2n) is 7.82. The van der Waals surface area contributed by atoms with Gasteiger partial charge in [0.1, 0.15) is 0 Å². The number of methoxy groups -OCH3 is 1. The number of carbonyl (C=O) groups excluding carboxylic acids is 1. The van der Waals surface area contributed by atoms with Gasteiger partial charge in [-0.3, -0.25) is 4.79 Å². The summed E-state index contributed by atoms with van der Waals surface area (Å²) in [7, 11) is 3.92. The van der Waals surface area contributed by atoms with Crippen LogP contribution in [0.2, 0.25) is 0 Å². The molecular weight excluding hydrogens is 290 g/mol. The fourth-order valence-electron chi connectivity index (χ4n) is 5.87. The Hall–Kier alpha value is -1.55. The molecular formula is C19H23NO3. The number of ketones is 1. The summed E-state index contributed by atoms with van der Waals surface area (Å²) in [5, 5.41) is 0. The number of rotatable bonds is 1. The van der Waals surface area contributed by atoms with Gasteiger partial charge in [0, 0.05) is 22.9 Å². The largest absolute Gasteiger partial charge is 0.493 e. The van der Waals surface area contributed by atoms with Crippen LogP contribution in [-0.4, -0.2) is 43.5 Å². The minimum atomic E-state index is -0.308. The summed E-state index contributed by atoms with van der Waals surface area (Å²) >= 11 is 0. The Balaban J connectivity index is 1.81. The first-order valence-corrected chi connectivity index (χ1v) is 8.69. The van der Waals surface area contributed by atoms with Crippen molar-refractivity contribution in [1.29, 1.82) is 0 Å². The van der Waals surface area contributed by atoms with Gasteiger partial charge in [-0.05, 0) is 50.4 Å². The van der Waals surface area contributed by atoms with Gasteiger partial charge < -0.3 is 14.4 Å². The number of likely N-dealkylation sites (N-methyl/N-ethyl adjacent to an activating group) is 1. The lowest BCUT2D eigenvalue weighted by Crippen LogP contribution is -2.66. The molecule has 4 heteroatoms. The molecule has 1 saturated heterocycles. The summed E-state index contributed by atoms with van der Waals surface area (Å²) in [6, 6.07) is 4.72. The zero-order valence-electron chi connectivity index (χ0n) is 14.0. The van der Waals surface area contributed by atoms with Crippen LogP contribution in [0.25, 0.3) is 0 Å². The predicted octanol–water partition coefficient (Wildman–Crippen LogP) is 2.18. The van der Waals surface area contributed by atoms with Crippen LogP contribution in [-0.2, 0) is 16.6 Å². The highest BCUT2D eigenvalue weighted by Gasteiger charge is 2.66. The van der Waals surface area contributed by atoms with Gasteiger partial charge in [0.15, 0.2) is 23.4 Å². The van der Waals surface area contributed by atoms with E-state index in [-0.39, 0.29) is 23.2 Å². The standard InChI is InChI=1S/C19H23NO3/c1-10-8-12-13-9-11-4-5-14(22-3)17-15(11)19(12,6-7-20(13)2)18(23-17)16(10)21/h4-5,10,12-13,18H,6-9H2,1-3H3/t10-,12?,13?,18-,19?/m0/s1. The molecule has 5 rings (SSSR count). The number of hydrogen-bond donors (Lipinski definition) is 0. The van der Waals surface area contributed by atoms with Crippen LogP contribution in [0.5, 0.6) is 11.5 Å². The van der Waals surface area contributed by atoms with E-state index in [0.29, 0.717) is 12.0 Å². The molecule has 0 amide bonds. The van der Waals surface area contributed by atoms with Crippen molar-refractivity contribution >= 4 is 5.78 Å². The van der Waals surface area contributed by atoms with E-state index in [2.05, 4.69) is 24.9 Å². The Kier molecular flexibility index (Phi) is 2.59. The molecule has 4 nitrogen and oxygen atoms in total. The summed E-state index contributed by atoms with van der Waals surface area (Å²) < 4.78 is 11.9. The molecule has 5 atom stereocenters. The first kappa shape index (κ1) is 13.8. The number of piperidine rings is 1. The number of hydrogen-bond acceptors (Lipinski definition) is 4. The Morgan fingerprint density at radius 2 is 2.22 bits per heavy atom. The Labute approximate surface area is 136 Å². The molecule has 0 N–H and O–H groups in total. The number of likely N-dealkylation sites (tertiary alicyclic amines) is 1. The first-order valence-electron chi connectivity index (χ1n) is 8.69. The second kappa shape index (κ2) is 4.29. The van der Waals surface area contributed by atoms with E-state index in [4.69, 9.17) is 9.47 Å². The van der Waals surface area contributed by atoms with Gasteiger partial charge in [-0.2, -0.15) is 0 Å². The molecule has 2 heterocycles. The maximum absolute atomic E-state index is 13.0. The average molecular weight is 313 g/mol. The van der Waals surface area contributed by atoms with Crippen LogP contribution in [0.1, 0.15) is 30.9 Å². The van der Waals surface area contributed by atoms with E-state index >= 15 is 0 Å². The number of Topliss-reactive ketones (excluding diaryl/α,β-unsaturated/α-hetero) is 1. The van der Waals surface area contributed by atoms with E-state index in [1.165, 1.54) is 11.1 Å². The van der Waals surface area contributed by atoms with Gasteiger partial charge in [0.05, 0.1) is 7.11 Å². The van der Waals surface area contributed by atoms with E-state index in [9.17, 15) is 4.79 Å². The second-order valence-corrected chi connectivity index (χ2v) is 7.82. The quantitative estimate of drug-likeness (QED) is 0.796. The van der Waals surface area contributed by atoms with Crippen LogP contribution in [0.4, 0.5) is 0 Å². The maximum atomic E-state index is 13.0. The van der Waals surface area contributed by atoms with Gasteiger partial charge in [-0.25, -0.2) is 0 Å². The van der Waals surface area contributed by atoms with Crippen molar-refractivity contribution in [2.24, 2.45) is 11.8 Å². The fraction of sp³-hybridized carbons (Fsp3) is 0.632. The molecule has 4 aliphatic rings. The Morgan fingerprint density at radius 1 is 1.39 bits per heavy atom.